The summed E-state index contributed by atoms with van der Waals surface area (Å²) in [5.41, 5.74) is 3.34. The fourth-order valence-corrected chi connectivity index (χ4v) is 4.57. The summed E-state index contributed by atoms with van der Waals surface area (Å²) < 4.78 is 8.31. The lowest BCUT2D eigenvalue weighted by molar-refractivity contribution is -0.182. The fraction of sp³-hybridized carbons (Fsp3) is 0.565. The van der Waals surface area contributed by atoms with Crippen LogP contribution in [0.3, 0.4) is 0 Å². The number of likely N-dealkylation sites (tertiary alicyclic amines) is 1. The Kier molecular flexibility index (Phi) is 6.22. The normalized spacial score (nSPS) is 22.3. The molecule has 7 heteroatoms. The Labute approximate surface area is 179 Å². The molecule has 0 bridgehead atoms. The molecule has 4 rings (SSSR count). The molecule has 1 atom stereocenters. The molecular weight excluding hydrogens is 378 g/mol. The molecule has 0 saturated carbocycles. The van der Waals surface area contributed by atoms with E-state index < -0.39 is 6.10 Å². The van der Waals surface area contributed by atoms with Gasteiger partial charge in [0.2, 0.25) is 0 Å². The molecule has 0 radical (unpaired) electrons. The average molecular weight is 412 g/mol. The van der Waals surface area contributed by atoms with Crippen LogP contribution in [0.15, 0.2) is 36.7 Å². The van der Waals surface area contributed by atoms with Crippen molar-refractivity contribution in [3.05, 3.63) is 53.3 Å². The minimum atomic E-state index is -0.418. The predicted molar refractivity (Wildman–Crippen MR) is 116 cm³/mol. The third-order valence-corrected chi connectivity index (χ3v) is 6.24. The van der Waals surface area contributed by atoms with Crippen molar-refractivity contribution in [1.29, 1.82) is 0 Å². The number of benzene rings is 1. The number of carbonyl (C=O) groups excluding carboxylic acids is 1. The number of rotatable bonds is 5. The van der Waals surface area contributed by atoms with Crippen molar-refractivity contribution in [1.82, 2.24) is 24.9 Å². The summed E-state index contributed by atoms with van der Waals surface area (Å²) in [5, 5.41) is 7.33. The van der Waals surface area contributed by atoms with Crippen molar-refractivity contribution in [2.24, 2.45) is 7.05 Å². The first-order chi connectivity index (χ1) is 14.4. The second-order valence-electron chi connectivity index (χ2n) is 8.99. The smallest absolute Gasteiger partial charge is 0.250 e. The van der Waals surface area contributed by atoms with Gasteiger partial charge in [-0.1, -0.05) is 29.8 Å². The van der Waals surface area contributed by atoms with Crippen molar-refractivity contribution >= 4 is 5.91 Å². The minimum absolute atomic E-state index is 0.0145. The number of carbonyl (C=O) groups is 1. The van der Waals surface area contributed by atoms with E-state index in [2.05, 4.69) is 64.6 Å². The molecule has 0 aliphatic carbocycles. The number of aromatic nitrogens is 2. The Bertz CT molecular complexity index is 855. The Morgan fingerprint density at radius 2 is 1.93 bits per heavy atom. The number of hydrogen-bond donors (Lipinski definition) is 1. The van der Waals surface area contributed by atoms with Gasteiger partial charge < -0.3 is 15.0 Å². The van der Waals surface area contributed by atoms with Gasteiger partial charge >= 0.3 is 0 Å². The SMILES string of the molecule is Cc1ccc(CNC(=O)C2CN(C)CC3(CCN(Cc4cnn(C)c4)CC3)O2)cc1. The topological polar surface area (TPSA) is 62.6 Å². The van der Waals surface area contributed by atoms with Gasteiger partial charge in [0.1, 0.15) is 6.10 Å². The summed E-state index contributed by atoms with van der Waals surface area (Å²) in [6, 6.07) is 8.26. The van der Waals surface area contributed by atoms with E-state index in [1.807, 2.05) is 17.9 Å². The number of piperidine rings is 1. The third kappa shape index (κ3) is 5.09. The second-order valence-corrected chi connectivity index (χ2v) is 8.99. The third-order valence-electron chi connectivity index (χ3n) is 6.24. The predicted octanol–water partition coefficient (Wildman–Crippen LogP) is 1.71. The highest BCUT2D eigenvalue weighted by atomic mass is 16.5. The fourth-order valence-electron chi connectivity index (χ4n) is 4.57. The van der Waals surface area contributed by atoms with Gasteiger partial charge in [-0.15, -0.1) is 0 Å². The van der Waals surface area contributed by atoms with Gasteiger partial charge in [-0.25, -0.2) is 0 Å². The number of nitrogens with one attached hydrogen (secondary N) is 1. The van der Waals surface area contributed by atoms with Crippen LogP contribution in [0.5, 0.6) is 0 Å². The number of aryl methyl sites for hydroxylation is 2. The van der Waals surface area contributed by atoms with Crippen molar-refractivity contribution in [3.63, 3.8) is 0 Å². The minimum Gasteiger partial charge on any atom is -0.359 e. The highest BCUT2D eigenvalue weighted by molar-refractivity contribution is 5.81. The molecule has 2 aromatic rings. The van der Waals surface area contributed by atoms with E-state index in [1.165, 1.54) is 11.1 Å². The lowest BCUT2D eigenvalue weighted by atomic mass is 9.88. The summed E-state index contributed by atoms with van der Waals surface area (Å²) in [4.78, 5) is 17.5. The van der Waals surface area contributed by atoms with Crippen LogP contribution < -0.4 is 5.32 Å². The molecule has 1 spiro atoms. The van der Waals surface area contributed by atoms with Crippen LogP contribution in [0.4, 0.5) is 0 Å². The van der Waals surface area contributed by atoms with Gasteiger partial charge in [0.25, 0.3) is 5.91 Å². The van der Waals surface area contributed by atoms with Crippen LogP contribution >= 0.6 is 0 Å². The van der Waals surface area contributed by atoms with E-state index >= 15 is 0 Å². The van der Waals surface area contributed by atoms with Gasteiger partial charge in [0, 0.05) is 58.1 Å². The Hall–Kier alpha value is -2.22. The van der Waals surface area contributed by atoms with E-state index in [0.29, 0.717) is 13.1 Å². The molecule has 3 heterocycles. The number of amides is 1. The number of likely N-dealkylation sites (N-methyl/N-ethyl adjacent to an activating group) is 1. The van der Waals surface area contributed by atoms with E-state index in [4.69, 9.17) is 4.74 Å². The quantitative estimate of drug-likeness (QED) is 0.812. The highest BCUT2D eigenvalue weighted by Crippen LogP contribution is 2.32. The zero-order chi connectivity index (χ0) is 21.1. The van der Waals surface area contributed by atoms with Gasteiger partial charge in [0.15, 0.2) is 0 Å². The molecule has 2 fully saturated rings. The molecule has 2 aliphatic heterocycles. The molecule has 2 saturated heterocycles. The van der Waals surface area contributed by atoms with Crippen LogP contribution in [-0.2, 0) is 29.7 Å². The van der Waals surface area contributed by atoms with E-state index in [-0.39, 0.29) is 11.5 Å². The second kappa shape index (κ2) is 8.88. The van der Waals surface area contributed by atoms with Gasteiger partial charge in [-0.2, -0.15) is 5.10 Å². The van der Waals surface area contributed by atoms with Crippen LogP contribution in [-0.4, -0.2) is 70.4 Å². The Morgan fingerprint density at radius 1 is 1.20 bits per heavy atom. The van der Waals surface area contributed by atoms with Crippen LogP contribution in [0.25, 0.3) is 0 Å². The first-order valence-electron chi connectivity index (χ1n) is 10.8. The first kappa shape index (κ1) is 21.0. The zero-order valence-electron chi connectivity index (χ0n) is 18.3. The molecule has 162 valence electrons. The Balaban J connectivity index is 1.31. The maximum atomic E-state index is 12.8. The maximum absolute atomic E-state index is 12.8. The number of hydrogen-bond acceptors (Lipinski definition) is 5. The number of nitrogens with zero attached hydrogens (tertiary/aromatic N) is 4. The lowest BCUT2D eigenvalue weighted by Crippen LogP contribution is -2.61. The van der Waals surface area contributed by atoms with Crippen molar-refractivity contribution < 1.29 is 9.53 Å². The van der Waals surface area contributed by atoms with Gasteiger partial charge in [-0.05, 0) is 32.4 Å². The Morgan fingerprint density at radius 3 is 2.60 bits per heavy atom. The molecule has 1 unspecified atom stereocenters. The average Bonchev–Trinajstić information content (AvgIpc) is 3.13. The maximum Gasteiger partial charge on any atom is 0.250 e. The lowest BCUT2D eigenvalue weighted by Gasteiger charge is -2.48. The van der Waals surface area contributed by atoms with E-state index in [1.54, 1.807) is 0 Å². The van der Waals surface area contributed by atoms with Crippen LogP contribution in [0.1, 0.15) is 29.5 Å². The monoisotopic (exact) mass is 411 g/mol. The highest BCUT2D eigenvalue weighted by Gasteiger charge is 2.44. The largest absolute Gasteiger partial charge is 0.359 e. The number of morpholine rings is 1. The molecule has 30 heavy (non-hydrogen) atoms. The molecule has 7 nitrogen and oxygen atoms in total. The van der Waals surface area contributed by atoms with Crippen molar-refractivity contribution in [2.45, 2.75) is 44.6 Å². The summed E-state index contributed by atoms with van der Waals surface area (Å²) >= 11 is 0. The van der Waals surface area contributed by atoms with Crippen molar-refractivity contribution in [3.8, 4) is 0 Å². The van der Waals surface area contributed by atoms with Gasteiger partial charge in [0.05, 0.1) is 11.8 Å². The summed E-state index contributed by atoms with van der Waals surface area (Å²) in [7, 11) is 4.04. The molecular formula is C23H33N5O2. The van der Waals surface area contributed by atoms with Crippen molar-refractivity contribution in [2.75, 3.05) is 33.2 Å². The molecule has 2 aliphatic rings. The van der Waals surface area contributed by atoms with E-state index in [9.17, 15) is 4.79 Å². The standard InChI is InChI=1S/C23H33N5O2/c1-18-4-6-19(7-5-18)12-24-22(29)21-16-26(2)17-23(30-21)8-10-28(11-9-23)15-20-13-25-27(3)14-20/h4-7,13-14,21H,8-12,15-17H2,1-3H3,(H,24,29). The zero-order valence-corrected chi connectivity index (χ0v) is 18.3. The molecule has 1 amide bonds. The summed E-state index contributed by atoms with van der Waals surface area (Å²) in [5.74, 6) is -0.0145. The number of ether oxygens (including phenoxy) is 1. The van der Waals surface area contributed by atoms with E-state index in [0.717, 1.165) is 44.6 Å². The van der Waals surface area contributed by atoms with Crippen LogP contribution in [0, 0.1) is 6.92 Å². The van der Waals surface area contributed by atoms with Crippen LogP contribution in [0.2, 0.25) is 0 Å². The summed E-state index contributed by atoms with van der Waals surface area (Å²) in [6.45, 7) is 6.99. The molecule has 1 aromatic heterocycles. The molecule has 1 N–H and O–H groups in total. The molecule has 1 aromatic carbocycles. The summed E-state index contributed by atoms with van der Waals surface area (Å²) in [6.07, 6.45) is 5.48. The first-order valence-corrected chi connectivity index (χ1v) is 10.8. The van der Waals surface area contributed by atoms with Gasteiger partial charge in [-0.3, -0.25) is 14.4 Å².